The quantitative estimate of drug-likeness (QED) is 0.575. The number of ketones is 2. The van der Waals surface area contributed by atoms with Gasteiger partial charge in [-0.15, -0.1) is 0 Å². The van der Waals surface area contributed by atoms with Crippen molar-refractivity contribution in [3.8, 4) is 0 Å². The Labute approximate surface area is 135 Å². The molecule has 4 rings (SSSR count). The van der Waals surface area contributed by atoms with Gasteiger partial charge in [0.2, 0.25) is 0 Å². The highest BCUT2D eigenvalue weighted by atomic mass is 16.6. The van der Waals surface area contributed by atoms with Gasteiger partial charge in [0.15, 0.2) is 0 Å². The van der Waals surface area contributed by atoms with Gasteiger partial charge in [-0.25, -0.2) is 0 Å². The lowest BCUT2D eigenvalue weighted by Crippen LogP contribution is -2.31. The Hall–Kier alpha value is -1.52. The topological polar surface area (TPSA) is 77.5 Å². The highest BCUT2D eigenvalue weighted by Crippen LogP contribution is 2.46. The molecule has 1 heterocycles. The summed E-state index contributed by atoms with van der Waals surface area (Å²) in [5.41, 5.74) is 0. The molecule has 3 aliphatic carbocycles. The van der Waals surface area contributed by atoms with Crippen LogP contribution in [0.1, 0.15) is 51.4 Å². The number of carbonyl (C=O) groups excluding carboxylic acids is 4. The van der Waals surface area contributed by atoms with Crippen LogP contribution in [0.2, 0.25) is 0 Å². The van der Waals surface area contributed by atoms with Crippen LogP contribution < -0.4 is 0 Å². The molecule has 6 unspecified atom stereocenters. The van der Waals surface area contributed by atoms with Crippen molar-refractivity contribution in [2.24, 2.45) is 35.5 Å². The molecule has 4 aliphatic rings. The average molecular weight is 318 g/mol. The van der Waals surface area contributed by atoms with Crippen molar-refractivity contribution >= 4 is 23.5 Å². The highest BCUT2D eigenvalue weighted by Gasteiger charge is 2.49. The zero-order valence-corrected chi connectivity index (χ0v) is 13.2. The third kappa shape index (κ3) is 2.54. The summed E-state index contributed by atoms with van der Waals surface area (Å²) in [6.07, 6.45) is 6.29. The van der Waals surface area contributed by atoms with Crippen molar-refractivity contribution < 1.29 is 23.9 Å². The van der Waals surface area contributed by atoms with Crippen molar-refractivity contribution in [2.75, 3.05) is 0 Å². The summed E-state index contributed by atoms with van der Waals surface area (Å²) in [6.45, 7) is 0. The van der Waals surface area contributed by atoms with E-state index < -0.39 is 0 Å². The highest BCUT2D eigenvalue weighted by molar-refractivity contribution is 6.08. The molecule has 0 bridgehead atoms. The molecule has 1 saturated heterocycles. The molecule has 0 aromatic rings. The maximum Gasteiger partial charge on any atom is 0.317 e. The number of rotatable bonds is 2. The fraction of sp³-hybridized carbons (Fsp3) is 0.778. The van der Waals surface area contributed by atoms with Crippen LogP contribution in [-0.4, -0.2) is 23.5 Å². The Morgan fingerprint density at radius 3 is 2.00 bits per heavy atom. The molecule has 0 amide bonds. The summed E-state index contributed by atoms with van der Waals surface area (Å²) in [7, 11) is 0. The zero-order valence-electron chi connectivity index (χ0n) is 13.2. The van der Waals surface area contributed by atoms with Gasteiger partial charge in [-0.1, -0.05) is 0 Å². The minimum atomic E-state index is -0.343. The Bertz CT molecular complexity index is 530. The van der Waals surface area contributed by atoms with Gasteiger partial charge in [-0.05, 0) is 56.8 Å². The van der Waals surface area contributed by atoms with E-state index in [0.29, 0.717) is 11.8 Å². The van der Waals surface area contributed by atoms with Crippen molar-refractivity contribution in [2.45, 2.75) is 51.4 Å². The summed E-state index contributed by atoms with van der Waals surface area (Å²) in [5.74, 6) is -0.0175. The number of ether oxygens (including phenoxy) is 1. The zero-order chi connectivity index (χ0) is 16.1. The van der Waals surface area contributed by atoms with E-state index >= 15 is 0 Å². The summed E-state index contributed by atoms with van der Waals surface area (Å²) in [5, 5.41) is 0. The van der Waals surface area contributed by atoms with E-state index in [2.05, 4.69) is 0 Å². The summed E-state index contributed by atoms with van der Waals surface area (Å²) in [4.78, 5) is 47.1. The molecule has 0 aromatic carbocycles. The van der Waals surface area contributed by atoms with Gasteiger partial charge < -0.3 is 4.74 Å². The first-order valence-electron chi connectivity index (χ1n) is 8.84. The maximum absolute atomic E-state index is 12.0. The predicted molar refractivity (Wildman–Crippen MR) is 79.0 cm³/mol. The number of Topliss-reactive ketones (excluding diaryl/α,β-unsaturated/α-hetero) is 2. The van der Waals surface area contributed by atoms with Crippen molar-refractivity contribution in [1.29, 1.82) is 0 Å². The van der Waals surface area contributed by atoms with Crippen molar-refractivity contribution in [1.82, 2.24) is 0 Å². The Balaban J connectivity index is 1.36. The van der Waals surface area contributed by atoms with Crippen LogP contribution in [0.4, 0.5) is 0 Å². The molecule has 1 aliphatic heterocycles. The summed E-state index contributed by atoms with van der Waals surface area (Å²) in [6, 6.07) is 0. The van der Waals surface area contributed by atoms with Gasteiger partial charge in [-0.2, -0.15) is 0 Å². The summed E-state index contributed by atoms with van der Waals surface area (Å²) < 4.78 is 4.77. The predicted octanol–water partition coefficient (Wildman–Crippen LogP) is 2.07. The molecule has 6 atom stereocenters. The molecular weight excluding hydrogens is 296 g/mol. The van der Waals surface area contributed by atoms with Crippen LogP contribution in [0.5, 0.6) is 0 Å². The van der Waals surface area contributed by atoms with Crippen molar-refractivity contribution in [3.63, 3.8) is 0 Å². The number of cyclic esters (lactones) is 2. The fourth-order valence-electron chi connectivity index (χ4n) is 5.38. The molecule has 3 saturated carbocycles. The van der Waals surface area contributed by atoms with Crippen LogP contribution in [0.25, 0.3) is 0 Å². The van der Waals surface area contributed by atoms with Gasteiger partial charge in [0.1, 0.15) is 11.6 Å². The second-order valence-electron chi connectivity index (χ2n) is 7.87. The van der Waals surface area contributed by atoms with Crippen LogP contribution in [0.3, 0.4) is 0 Å². The first-order valence-corrected chi connectivity index (χ1v) is 8.84. The first kappa shape index (κ1) is 15.0. The van der Waals surface area contributed by atoms with E-state index in [1.807, 2.05) is 0 Å². The van der Waals surface area contributed by atoms with Gasteiger partial charge in [0.05, 0.1) is 18.3 Å². The van der Waals surface area contributed by atoms with Gasteiger partial charge in [0.25, 0.3) is 0 Å². The SMILES string of the molecule is O=C1CC(=O)C2CC(CC3CCC4C(=O)OC(=O)C4C3)CCC12. The molecular formula is C18H22O5. The van der Waals surface area contributed by atoms with Crippen LogP contribution in [0, 0.1) is 35.5 Å². The summed E-state index contributed by atoms with van der Waals surface area (Å²) >= 11 is 0. The Morgan fingerprint density at radius 1 is 0.696 bits per heavy atom. The van der Waals surface area contributed by atoms with Gasteiger partial charge in [0, 0.05) is 11.8 Å². The maximum atomic E-state index is 12.0. The number of carbonyl (C=O) groups is 4. The second kappa shape index (κ2) is 5.53. The lowest BCUT2D eigenvalue weighted by molar-refractivity contribution is -0.153. The molecule has 0 radical (unpaired) electrons. The number of hydrogen-bond donors (Lipinski definition) is 0. The molecule has 5 heteroatoms. The van der Waals surface area contributed by atoms with E-state index in [4.69, 9.17) is 4.74 Å². The molecule has 124 valence electrons. The smallest absolute Gasteiger partial charge is 0.317 e. The first-order chi connectivity index (χ1) is 11.0. The molecule has 0 N–H and O–H groups in total. The van der Waals surface area contributed by atoms with Crippen LogP contribution in [-0.2, 0) is 23.9 Å². The monoisotopic (exact) mass is 318 g/mol. The molecule has 0 aromatic heterocycles. The molecule has 0 spiro atoms. The van der Waals surface area contributed by atoms with Gasteiger partial charge >= 0.3 is 11.9 Å². The standard InChI is InChI=1S/C18H22O5/c19-15-8-16(20)13-6-9(1-3-11(13)15)5-10-2-4-12-14(7-10)18(22)23-17(12)21/h9-14H,1-8H2. The van der Waals surface area contributed by atoms with E-state index in [0.717, 1.165) is 44.9 Å². The largest absolute Gasteiger partial charge is 0.393 e. The molecule has 4 fully saturated rings. The van der Waals surface area contributed by atoms with E-state index in [-0.39, 0.29) is 53.6 Å². The molecule has 23 heavy (non-hydrogen) atoms. The minimum Gasteiger partial charge on any atom is -0.393 e. The Morgan fingerprint density at radius 2 is 1.26 bits per heavy atom. The number of esters is 2. The lowest BCUT2D eigenvalue weighted by atomic mass is 9.68. The Kier molecular flexibility index (Phi) is 3.62. The normalized spacial score (nSPS) is 43.3. The van der Waals surface area contributed by atoms with Gasteiger partial charge in [-0.3, -0.25) is 19.2 Å². The van der Waals surface area contributed by atoms with E-state index in [9.17, 15) is 19.2 Å². The fourth-order valence-corrected chi connectivity index (χ4v) is 5.38. The van der Waals surface area contributed by atoms with Crippen LogP contribution >= 0.6 is 0 Å². The third-order valence-electron chi connectivity index (χ3n) is 6.57. The van der Waals surface area contributed by atoms with Crippen molar-refractivity contribution in [3.05, 3.63) is 0 Å². The number of hydrogen-bond acceptors (Lipinski definition) is 5. The lowest BCUT2D eigenvalue weighted by Gasteiger charge is -2.35. The van der Waals surface area contributed by atoms with E-state index in [1.54, 1.807) is 0 Å². The average Bonchev–Trinajstić information content (AvgIpc) is 2.96. The van der Waals surface area contributed by atoms with Crippen LogP contribution in [0.15, 0.2) is 0 Å². The molecule has 5 nitrogen and oxygen atoms in total. The second-order valence-corrected chi connectivity index (χ2v) is 7.87. The number of fused-ring (bicyclic) bond motifs is 2. The minimum absolute atomic E-state index is 0.0167. The third-order valence-corrected chi connectivity index (χ3v) is 6.57. The van der Waals surface area contributed by atoms with E-state index in [1.165, 1.54) is 0 Å².